The molecule has 4 rings (SSSR count). The number of amides is 1. The highest BCUT2D eigenvalue weighted by molar-refractivity contribution is 6.76. The van der Waals surface area contributed by atoms with Gasteiger partial charge in [0, 0.05) is 40.2 Å². The fourth-order valence-corrected chi connectivity index (χ4v) is 5.22. The molecule has 0 saturated heterocycles. The van der Waals surface area contributed by atoms with Crippen molar-refractivity contribution >= 4 is 25.3 Å². The Morgan fingerprint density at radius 1 is 1.29 bits per heavy atom. The Morgan fingerprint density at radius 3 is 2.77 bits per heavy atom. The molecule has 2 atom stereocenters. The number of carbonyl (C=O) groups is 1. The second-order valence-corrected chi connectivity index (χ2v) is 16.6. The lowest BCUT2D eigenvalue weighted by molar-refractivity contribution is 0.0905. The smallest absolute Gasteiger partial charge is 0.407 e. The normalized spacial score (nSPS) is 18.5. The predicted molar refractivity (Wildman–Crippen MR) is 139 cm³/mol. The molecule has 1 aliphatic rings. The van der Waals surface area contributed by atoms with Gasteiger partial charge in [-0.25, -0.2) is 14.8 Å². The van der Waals surface area contributed by atoms with Crippen molar-refractivity contribution in [3.8, 4) is 11.5 Å². The Bertz CT molecular complexity index is 1170. The molecule has 10 heteroatoms. The fraction of sp³-hybridized carbons (Fsp3) is 0.600. The van der Waals surface area contributed by atoms with E-state index in [0.29, 0.717) is 12.6 Å². The minimum atomic E-state index is -1.17. The maximum absolute atomic E-state index is 12.0. The summed E-state index contributed by atoms with van der Waals surface area (Å²) in [6.45, 7) is 12.0. The van der Waals surface area contributed by atoms with E-state index in [9.17, 15) is 4.79 Å². The second-order valence-electron chi connectivity index (χ2n) is 11.0. The molecule has 0 spiro atoms. The first-order valence-electron chi connectivity index (χ1n) is 12.5. The van der Waals surface area contributed by atoms with E-state index < -0.39 is 8.07 Å². The van der Waals surface area contributed by atoms with Gasteiger partial charge in [-0.2, -0.15) is 5.10 Å². The minimum absolute atomic E-state index is 0.0644. The zero-order chi connectivity index (χ0) is 25.2. The number of hydrogen-bond acceptors (Lipinski definition) is 6. The minimum Gasteiger partial charge on any atom is -0.446 e. The number of ether oxygens (including phenoxy) is 2. The maximum Gasteiger partial charge on any atom is 0.407 e. The zero-order valence-corrected chi connectivity index (χ0v) is 22.7. The molecule has 1 amide bonds. The Kier molecular flexibility index (Phi) is 7.61. The van der Waals surface area contributed by atoms with Crippen molar-refractivity contribution in [1.82, 2.24) is 29.6 Å². The summed E-state index contributed by atoms with van der Waals surface area (Å²) in [5.74, 6) is 1.10. The van der Waals surface area contributed by atoms with E-state index in [2.05, 4.69) is 36.1 Å². The number of hydrogen-bond donors (Lipinski definition) is 1. The molecule has 3 aromatic heterocycles. The van der Waals surface area contributed by atoms with E-state index in [4.69, 9.17) is 19.4 Å². The number of nitrogens with one attached hydrogen (secondary N) is 1. The van der Waals surface area contributed by atoms with Crippen LogP contribution in [0.4, 0.5) is 4.79 Å². The average molecular weight is 499 g/mol. The first-order chi connectivity index (χ1) is 16.6. The quantitative estimate of drug-likeness (QED) is 0.332. The molecule has 0 aromatic carbocycles. The summed E-state index contributed by atoms with van der Waals surface area (Å²) in [5.41, 5.74) is 3.70. The third-order valence-electron chi connectivity index (χ3n) is 6.41. The van der Waals surface area contributed by atoms with E-state index >= 15 is 0 Å². The van der Waals surface area contributed by atoms with Crippen molar-refractivity contribution in [1.29, 1.82) is 0 Å². The number of aromatic nitrogens is 5. The van der Waals surface area contributed by atoms with E-state index in [1.54, 1.807) is 6.20 Å². The molecular formula is C25H38N6O3Si. The van der Waals surface area contributed by atoms with Gasteiger partial charge in [0.1, 0.15) is 24.0 Å². The van der Waals surface area contributed by atoms with Crippen LogP contribution in [0.3, 0.4) is 0 Å². The van der Waals surface area contributed by atoms with Gasteiger partial charge in [0.2, 0.25) is 0 Å². The number of fused-ring (bicyclic) bond motifs is 1. The second kappa shape index (κ2) is 10.5. The first-order valence-corrected chi connectivity index (χ1v) is 16.2. The van der Waals surface area contributed by atoms with E-state index in [1.165, 1.54) is 0 Å². The molecule has 1 aliphatic carbocycles. The number of rotatable bonds is 9. The summed E-state index contributed by atoms with van der Waals surface area (Å²) in [6, 6.07) is 5.26. The summed E-state index contributed by atoms with van der Waals surface area (Å²) in [5, 5.41) is 7.13. The van der Waals surface area contributed by atoms with E-state index in [0.717, 1.165) is 60.2 Å². The standard InChI is InChI=1S/C25H38N6O3Si/c1-17(2)28-25(32)34-20-8-7-18(13-20)19-14-21-23(26-15-19)31(16-33-11-12-35(4,5)6)24(29-21)22-9-10-27-30(22)3/h9-10,14-15,17-18,20H,7-8,11-13,16H2,1-6H3,(H,28,32). The lowest BCUT2D eigenvalue weighted by Crippen LogP contribution is -2.33. The van der Waals surface area contributed by atoms with Crippen molar-refractivity contribution in [3.05, 3.63) is 30.1 Å². The molecule has 1 N–H and O–H groups in total. The Balaban J connectivity index is 1.54. The van der Waals surface area contributed by atoms with Crippen LogP contribution in [0.2, 0.25) is 25.7 Å². The molecule has 3 heterocycles. The molecule has 35 heavy (non-hydrogen) atoms. The summed E-state index contributed by atoms with van der Waals surface area (Å²) >= 11 is 0. The maximum atomic E-state index is 12.0. The van der Waals surface area contributed by atoms with Crippen LogP contribution in [0.25, 0.3) is 22.7 Å². The van der Waals surface area contributed by atoms with Crippen LogP contribution in [0.15, 0.2) is 24.5 Å². The summed E-state index contributed by atoms with van der Waals surface area (Å²) < 4.78 is 15.6. The Hall–Kier alpha value is -2.72. The van der Waals surface area contributed by atoms with Crippen LogP contribution in [-0.4, -0.2) is 57.2 Å². The summed E-state index contributed by atoms with van der Waals surface area (Å²) in [6.07, 6.45) is 5.92. The van der Waals surface area contributed by atoms with Crippen LogP contribution in [0, 0.1) is 0 Å². The molecule has 0 aliphatic heterocycles. The number of alkyl carbamates (subject to hydrolysis) is 1. The largest absolute Gasteiger partial charge is 0.446 e. The SMILES string of the molecule is CC(C)NC(=O)OC1CCC(c2cnc3c(c2)nc(-c2ccnn2C)n3COCC[Si](C)(C)C)C1. The van der Waals surface area contributed by atoms with Gasteiger partial charge in [-0.05, 0) is 62.8 Å². The number of nitrogens with zero attached hydrogens (tertiary/aromatic N) is 5. The van der Waals surface area contributed by atoms with E-state index in [-0.39, 0.29) is 18.2 Å². The number of imidazole rings is 1. The van der Waals surface area contributed by atoms with Crippen molar-refractivity contribution < 1.29 is 14.3 Å². The van der Waals surface area contributed by atoms with Gasteiger partial charge in [-0.3, -0.25) is 9.25 Å². The van der Waals surface area contributed by atoms with Crippen molar-refractivity contribution in [2.45, 2.75) is 83.6 Å². The van der Waals surface area contributed by atoms with Gasteiger partial charge < -0.3 is 14.8 Å². The van der Waals surface area contributed by atoms with Crippen LogP contribution in [0.1, 0.15) is 44.6 Å². The van der Waals surface area contributed by atoms with Crippen LogP contribution in [-0.2, 0) is 23.3 Å². The third-order valence-corrected chi connectivity index (χ3v) is 8.11. The van der Waals surface area contributed by atoms with Crippen molar-refractivity contribution in [2.75, 3.05) is 6.61 Å². The number of carbonyl (C=O) groups excluding carboxylic acids is 1. The number of pyridine rings is 1. The van der Waals surface area contributed by atoms with Gasteiger partial charge in [0.05, 0.1) is 0 Å². The van der Waals surface area contributed by atoms with Crippen LogP contribution in [0.5, 0.6) is 0 Å². The van der Waals surface area contributed by atoms with Gasteiger partial charge in [-0.1, -0.05) is 19.6 Å². The van der Waals surface area contributed by atoms with Gasteiger partial charge in [0.25, 0.3) is 0 Å². The number of aryl methyl sites for hydroxylation is 1. The monoisotopic (exact) mass is 498 g/mol. The van der Waals surface area contributed by atoms with Gasteiger partial charge in [0.15, 0.2) is 11.5 Å². The van der Waals surface area contributed by atoms with E-state index in [1.807, 2.05) is 42.4 Å². The van der Waals surface area contributed by atoms with Gasteiger partial charge >= 0.3 is 6.09 Å². The topological polar surface area (TPSA) is 96.1 Å². The van der Waals surface area contributed by atoms with Crippen molar-refractivity contribution in [3.63, 3.8) is 0 Å². The average Bonchev–Trinajstić information content (AvgIpc) is 3.48. The highest BCUT2D eigenvalue weighted by atomic mass is 28.3. The lowest BCUT2D eigenvalue weighted by Gasteiger charge is -2.16. The molecule has 2 unspecified atom stereocenters. The molecule has 9 nitrogen and oxygen atoms in total. The Labute approximate surface area is 208 Å². The summed E-state index contributed by atoms with van der Waals surface area (Å²) in [7, 11) is 0.744. The molecule has 1 fully saturated rings. The molecule has 0 bridgehead atoms. The third kappa shape index (κ3) is 6.29. The molecular weight excluding hydrogens is 460 g/mol. The predicted octanol–water partition coefficient (Wildman–Crippen LogP) is 4.91. The van der Waals surface area contributed by atoms with Crippen LogP contribution < -0.4 is 5.32 Å². The zero-order valence-electron chi connectivity index (χ0n) is 21.7. The fourth-order valence-electron chi connectivity index (χ4n) is 4.47. The first kappa shape index (κ1) is 25.4. The molecule has 3 aromatic rings. The lowest BCUT2D eigenvalue weighted by atomic mass is 9.99. The Morgan fingerprint density at radius 2 is 2.09 bits per heavy atom. The van der Waals surface area contributed by atoms with Crippen molar-refractivity contribution in [2.24, 2.45) is 7.05 Å². The molecule has 0 radical (unpaired) electrons. The molecule has 190 valence electrons. The highest BCUT2D eigenvalue weighted by Gasteiger charge is 2.30. The molecule has 1 saturated carbocycles. The summed E-state index contributed by atoms with van der Waals surface area (Å²) in [4.78, 5) is 21.8. The van der Waals surface area contributed by atoms with Crippen LogP contribution >= 0.6 is 0 Å². The van der Waals surface area contributed by atoms with Gasteiger partial charge in [-0.15, -0.1) is 0 Å². The highest BCUT2D eigenvalue weighted by Crippen LogP contribution is 2.37.